The zero-order chi connectivity index (χ0) is 21.9. The van der Waals surface area contributed by atoms with Crippen molar-refractivity contribution in [2.24, 2.45) is 0 Å². The van der Waals surface area contributed by atoms with E-state index in [-0.39, 0.29) is 0 Å². The third-order valence-electron chi connectivity index (χ3n) is 5.75. The fraction of sp³-hybridized carbons (Fsp3) is 0.538. The summed E-state index contributed by atoms with van der Waals surface area (Å²) in [4.78, 5) is 14.5. The third kappa shape index (κ3) is 7.15. The Morgan fingerprint density at radius 1 is 1.00 bits per heavy atom. The van der Waals surface area contributed by atoms with Crippen molar-refractivity contribution >= 4 is 11.0 Å². The first-order valence-corrected chi connectivity index (χ1v) is 11.9. The number of aromatic amines is 1. The number of nitrogens with zero attached hydrogens (tertiary/aromatic N) is 3. The molecule has 0 bridgehead atoms. The van der Waals surface area contributed by atoms with Crippen LogP contribution in [0, 0.1) is 6.92 Å². The summed E-state index contributed by atoms with van der Waals surface area (Å²) in [5, 5.41) is 1.07. The monoisotopic (exact) mass is 422 g/mol. The topological polar surface area (TPSA) is 54.0 Å². The molecule has 1 saturated heterocycles. The third-order valence-corrected chi connectivity index (χ3v) is 5.75. The van der Waals surface area contributed by atoms with Gasteiger partial charge in [-0.2, -0.15) is 0 Å². The van der Waals surface area contributed by atoms with E-state index in [0.717, 1.165) is 61.7 Å². The highest BCUT2D eigenvalue weighted by Gasteiger charge is 2.11. The van der Waals surface area contributed by atoms with Crippen molar-refractivity contribution in [3.05, 3.63) is 48.0 Å². The van der Waals surface area contributed by atoms with Gasteiger partial charge < -0.3 is 9.72 Å². The second-order valence-electron chi connectivity index (χ2n) is 8.38. The Bertz CT molecular complexity index is 891. The van der Waals surface area contributed by atoms with Gasteiger partial charge >= 0.3 is 0 Å². The van der Waals surface area contributed by atoms with Crippen molar-refractivity contribution < 1.29 is 4.74 Å². The number of aromatic nitrogens is 3. The predicted molar refractivity (Wildman–Crippen MR) is 129 cm³/mol. The first-order valence-electron chi connectivity index (χ1n) is 11.9. The average molecular weight is 423 g/mol. The smallest absolute Gasteiger partial charge is 0.141 e. The molecule has 1 aliphatic rings. The van der Waals surface area contributed by atoms with Gasteiger partial charge in [0.2, 0.25) is 0 Å². The van der Waals surface area contributed by atoms with Crippen LogP contribution in [0.2, 0.25) is 0 Å². The minimum Gasteiger partial charge on any atom is -0.380 e. The summed E-state index contributed by atoms with van der Waals surface area (Å²) < 4.78 is 5.52. The Hall–Kier alpha value is -2.24. The Morgan fingerprint density at radius 3 is 2.52 bits per heavy atom. The van der Waals surface area contributed by atoms with Gasteiger partial charge in [-0.15, -0.1) is 0 Å². The summed E-state index contributed by atoms with van der Waals surface area (Å²) >= 11 is 0. The molecule has 4 rings (SSSR count). The van der Waals surface area contributed by atoms with Gasteiger partial charge in [-0.25, -0.2) is 9.97 Å². The fourth-order valence-electron chi connectivity index (χ4n) is 3.91. The number of unbranched alkanes of at least 4 members (excludes halogenated alkanes) is 4. The summed E-state index contributed by atoms with van der Waals surface area (Å²) in [6.07, 6.45) is 12.0. The number of nitrogens with one attached hydrogen (secondary N) is 1. The maximum Gasteiger partial charge on any atom is 0.141 e. The van der Waals surface area contributed by atoms with Crippen molar-refractivity contribution in [1.29, 1.82) is 0 Å². The molecule has 1 aliphatic heterocycles. The van der Waals surface area contributed by atoms with Gasteiger partial charge in [0.05, 0.1) is 6.61 Å². The van der Waals surface area contributed by atoms with E-state index < -0.39 is 0 Å². The quantitative estimate of drug-likeness (QED) is 0.465. The van der Waals surface area contributed by atoms with Crippen LogP contribution in [0.1, 0.15) is 63.8 Å². The lowest BCUT2D eigenvalue weighted by molar-refractivity contribution is 0.140. The number of H-pyrrole nitrogens is 1. The Morgan fingerprint density at radius 2 is 1.77 bits per heavy atom. The van der Waals surface area contributed by atoms with Crippen LogP contribution >= 0.6 is 0 Å². The van der Waals surface area contributed by atoms with E-state index in [0.29, 0.717) is 0 Å². The van der Waals surface area contributed by atoms with E-state index in [1.807, 2.05) is 19.3 Å². The molecule has 2 aromatic heterocycles. The lowest BCUT2D eigenvalue weighted by Gasteiger charge is -2.19. The van der Waals surface area contributed by atoms with E-state index in [9.17, 15) is 0 Å². The fourth-order valence-corrected chi connectivity index (χ4v) is 3.91. The Kier molecular flexibility index (Phi) is 9.50. The highest BCUT2D eigenvalue weighted by Crippen LogP contribution is 2.27. The van der Waals surface area contributed by atoms with Crippen molar-refractivity contribution in [2.75, 3.05) is 26.3 Å². The molecule has 0 atom stereocenters. The second-order valence-corrected chi connectivity index (χ2v) is 8.38. The van der Waals surface area contributed by atoms with Crippen LogP contribution in [0.3, 0.4) is 0 Å². The summed E-state index contributed by atoms with van der Waals surface area (Å²) in [5.41, 5.74) is 4.58. The van der Waals surface area contributed by atoms with Gasteiger partial charge in [0.25, 0.3) is 0 Å². The molecule has 168 valence electrons. The first-order chi connectivity index (χ1) is 15.2. The molecule has 1 aromatic carbocycles. The molecule has 3 heterocycles. The molecule has 0 radical (unpaired) electrons. The predicted octanol–water partition coefficient (Wildman–Crippen LogP) is 6.13. The number of benzene rings is 1. The largest absolute Gasteiger partial charge is 0.380 e. The molecule has 0 saturated carbocycles. The standard InChI is InChI=1S/C19H22N4O.C7H16/c1-14-20-12-18-17(11-21-19(18)22-14)16-5-3-15(4-6-16)13-23-7-2-9-24-10-8-23;1-3-5-7-6-4-2/h3-6,11-12H,2,7-10,13H2,1H3,(H,20,21,22);3-7H2,1-2H3. The van der Waals surface area contributed by atoms with Gasteiger partial charge in [0.15, 0.2) is 0 Å². The SMILES string of the molecule is CCCCCCC.Cc1ncc2c(-c3ccc(CN4CCCOCC4)cc3)c[nH]c2n1. The van der Waals surface area contributed by atoms with Crippen molar-refractivity contribution in [3.8, 4) is 11.1 Å². The van der Waals surface area contributed by atoms with E-state index in [1.54, 1.807) is 0 Å². The second kappa shape index (κ2) is 12.6. The molecule has 0 aliphatic carbocycles. The zero-order valence-electron chi connectivity index (χ0n) is 19.5. The molecule has 1 fully saturated rings. The van der Waals surface area contributed by atoms with E-state index in [2.05, 4.69) is 58.0 Å². The molecule has 0 unspecified atom stereocenters. The molecule has 0 amide bonds. The average Bonchev–Trinajstić information content (AvgIpc) is 3.02. The van der Waals surface area contributed by atoms with Crippen molar-refractivity contribution in [2.45, 2.75) is 65.8 Å². The molecule has 5 nitrogen and oxygen atoms in total. The Balaban J connectivity index is 0.000000339. The van der Waals surface area contributed by atoms with Crippen LogP contribution in [-0.2, 0) is 11.3 Å². The molecule has 0 spiro atoms. The van der Waals surface area contributed by atoms with E-state index in [1.165, 1.54) is 43.2 Å². The van der Waals surface area contributed by atoms with Gasteiger partial charge in [0.1, 0.15) is 11.5 Å². The van der Waals surface area contributed by atoms with Gasteiger partial charge in [0, 0.05) is 49.6 Å². The normalized spacial score (nSPS) is 14.8. The summed E-state index contributed by atoms with van der Waals surface area (Å²) in [7, 11) is 0. The molecule has 3 aromatic rings. The Labute approximate surface area is 187 Å². The van der Waals surface area contributed by atoms with Crippen molar-refractivity contribution in [3.63, 3.8) is 0 Å². The zero-order valence-corrected chi connectivity index (χ0v) is 19.5. The number of hydrogen-bond donors (Lipinski definition) is 1. The molecule has 1 N–H and O–H groups in total. The molecule has 5 heteroatoms. The number of ether oxygens (including phenoxy) is 1. The van der Waals surface area contributed by atoms with Gasteiger partial charge in [-0.3, -0.25) is 4.90 Å². The van der Waals surface area contributed by atoms with Crippen LogP contribution in [0.4, 0.5) is 0 Å². The maximum absolute atomic E-state index is 5.52. The lowest BCUT2D eigenvalue weighted by atomic mass is 10.0. The highest BCUT2D eigenvalue weighted by molar-refractivity contribution is 5.92. The van der Waals surface area contributed by atoms with Crippen LogP contribution in [0.15, 0.2) is 36.7 Å². The van der Waals surface area contributed by atoms with Crippen LogP contribution in [-0.4, -0.2) is 46.2 Å². The summed E-state index contributed by atoms with van der Waals surface area (Å²) in [5.74, 6) is 0.785. The summed E-state index contributed by atoms with van der Waals surface area (Å²) in [6, 6.07) is 8.81. The maximum atomic E-state index is 5.52. The number of aryl methyl sites for hydroxylation is 1. The molecular weight excluding hydrogens is 384 g/mol. The lowest BCUT2D eigenvalue weighted by Crippen LogP contribution is -2.25. The van der Waals surface area contributed by atoms with Crippen LogP contribution in [0.5, 0.6) is 0 Å². The van der Waals surface area contributed by atoms with E-state index in [4.69, 9.17) is 4.74 Å². The van der Waals surface area contributed by atoms with Crippen molar-refractivity contribution in [1.82, 2.24) is 19.9 Å². The number of rotatable bonds is 7. The van der Waals surface area contributed by atoms with Gasteiger partial charge in [-0.1, -0.05) is 70.2 Å². The number of hydrogen-bond acceptors (Lipinski definition) is 4. The summed E-state index contributed by atoms with van der Waals surface area (Å²) in [6.45, 7) is 11.2. The van der Waals surface area contributed by atoms with Gasteiger partial charge in [-0.05, 0) is 24.5 Å². The molecular formula is C26H38N4O. The van der Waals surface area contributed by atoms with Crippen LogP contribution in [0.25, 0.3) is 22.2 Å². The number of fused-ring (bicyclic) bond motifs is 1. The minimum atomic E-state index is 0.785. The molecule has 31 heavy (non-hydrogen) atoms. The van der Waals surface area contributed by atoms with Crippen LogP contribution < -0.4 is 0 Å². The van der Waals surface area contributed by atoms with E-state index >= 15 is 0 Å². The minimum absolute atomic E-state index is 0.785. The first kappa shape index (κ1) is 23.4. The highest BCUT2D eigenvalue weighted by atomic mass is 16.5.